The summed E-state index contributed by atoms with van der Waals surface area (Å²) in [5.41, 5.74) is 0.688. The van der Waals surface area contributed by atoms with Crippen molar-refractivity contribution in [2.45, 2.75) is 32.9 Å². The predicted molar refractivity (Wildman–Crippen MR) is 55.2 cm³/mol. The van der Waals surface area contributed by atoms with Crippen molar-refractivity contribution >= 4 is 0 Å². The van der Waals surface area contributed by atoms with Gasteiger partial charge in [-0.15, -0.1) is 0 Å². The van der Waals surface area contributed by atoms with E-state index in [1.54, 1.807) is 12.4 Å². The lowest BCUT2D eigenvalue weighted by atomic mass is 10.2. The van der Waals surface area contributed by atoms with Gasteiger partial charge in [0, 0.05) is 6.54 Å². The van der Waals surface area contributed by atoms with E-state index in [0.717, 1.165) is 12.2 Å². The molecule has 0 fully saturated rings. The van der Waals surface area contributed by atoms with Crippen molar-refractivity contribution in [1.82, 2.24) is 15.3 Å². The molecule has 1 aromatic heterocycles. The van der Waals surface area contributed by atoms with Crippen molar-refractivity contribution < 1.29 is 4.74 Å². The molecule has 0 unspecified atom stereocenters. The number of hydrogen-bond acceptors (Lipinski definition) is 4. The maximum atomic E-state index is 5.54. The first-order valence-electron chi connectivity index (χ1n) is 4.66. The van der Waals surface area contributed by atoms with Crippen LogP contribution in [0.1, 0.15) is 26.5 Å². The Hall–Kier alpha value is -1.16. The summed E-state index contributed by atoms with van der Waals surface area (Å²) < 4.78 is 5.54. The van der Waals surface area contributed by atoms with E-state index in [9.17, 15) is 0 Å². The van der Waals surface area contributed by atoms with Gasteiger partial charge in [-0.3, -0.25) is 4.98 Å². The molecule has 0 amide bonds. The molecule has 0 atom stereocenters. The Morgan fingerprint density at radius 3 is 2.43 bits per heavy atom. The highest BCUT2D eigenvalue weighted by atomic mass is 16.5. The van der Waals surface area contributed by atoms with E-state index in [1.807, 2.05) is 27.8 Å². The zero-order valence-corrected chi connectivity index (χ0v) is 9.16. The molecule has 0 radical (unpaired) electrons. The van der Waals surface area contributed by atoms with Crippen molar-refractivity contribution in [3.05, 3.63) is 18.1 Å². The zero-order chi connectivity index (χ0) is 10.6. The second-order valence-electron chi connectivity index (χ2n) is 4.09. The van der Waals surface area contributed by atoms with Crippen LogP contribution in [0.2, 0.25) is 0 Å². The van der Waals surface area contributed by atoms with E-state index in [-0.39, 0.29) is 5.60 Å². The predicted octanol–water partition coefficient (Wildman–Crippen LogP) is 1.37. The molecule has 0 aliphatic carbocycles. The van der Waals surface area contributed by atoms with Crippen LogP contribution in [-0.2, 0) is 6.54 Å². The summed E-state index contributed by atoms with van der Waals surface area (Å²) in [6.07, 6.45) is 3.37. The Morgan fingerprint density at radius 1 is 1.29 bits per heavy atom. The van der Waals surface area contributed by atoms with Gasteiger partial charge in [-0.2, -0.15) is 0 Å². The van der Waals surface area contributed by atoms with Crippen LogP contribution >= 0.6 is 0 Å². The maximum absolute atomic E-state index is 5.54. The van der Waals surface area contributed by atoms with E-state index in [0.29, 0.717) is 5.88 Å². The molecule has 78 valence electrons. The standard InChI is InChI=1S/C10H17N3O/c1-10(2,3)14-9-7-12-8(5-11-4)6-13-9/h6-7,11H,5H2,1-4H3. The SMILES string of the molecule is CNCc1cnc(OC(C)(C)C)cn1. The molecule has 0 aliphatic heterocycles. The lowest BCUT2D eigenvalue weighted by molar-refractivity contribution is 0.123. The largest absolute Gasteiger partial charge is 0.471 e. The molecule has 1 aromatic rings. The first kappa shape index (κ1) is 10.9. The van der Waals surface area contributed by atoms with E-state index < -0.39 is 0 Å². The molecule has 1 N–H and O–H groups in total. The fourth-order valence-corrected chi connectivity index (χ4v) is 0.982. The average molecular weight is 195 g/mol. The monoisotopic (exact) mass is 195 g/mol. The smallest absolute Gasteiger partial charge is 0.232 e. The number of nitrogens with one attached hydrogen (secondary N) is 1. The molecular weight excluding hydrogens is 178 g/mol. The quantitative estimate of drug-likeness (QED) is 0.791. The number of nitrogens with zero attached hydrogens (tertiary/aromatic N) is 2. The van der Waals surface area contributed by atoms with Crippen LogP contribution in [-0.4, -0.2) is 22.6 Å². The molecule has 0 bridgehead atoms. The van der Waals surface area contributed by atoms with Crippen molar-refractivity contribution in [3.63, 3.8) is 0 Å². The van der Waals surface area contributed by atoms with Crippen LogP contribution < -0.4 is 10.1 Å². The summed E-state index contributed by atoms with van der Waals surface area (Å²) in [5.74, 6) is 0.567. The topological polar surface area (TPSA) is 47.0 Å². The summed E-state index contributed by atoms with van der Waals surface area (Å²) >= 11 is 0. The Bertz CT molecular complexity index is 276. The van der Waals surface area contributed by atoms with Gasteiger partial charge in [-0.25, -0.2) is 4.98 Å². The van der Waals surface area contributed by atoms with Gasteiger partial charge in [-0.1, -0.05) is 0 Å². The van der Waals surface area contributed by atoms with E-state index >= 15 is 0 Å². The van der Waals surface area contributed by atoms with Crippen LogP contribution in [0.3, 0.4) is 0 Å². The van der Waals surface area contributed by atoms with Gasteiger partial charge < -0.3 is 10.1 Å². The molecule has 0 saturated carbocycles. The van der Waals surface area contributed by atoms with Crippen molar-refractivity contribution in [2.24, 2.45) is 0 Å². The molecule has 0 aromatic carbocycles. The average Bonchev–Trinajstić information content (AvgIpc) is 2.06. The lowest BCUT2D eigenvalue weighted by Gasteiger charge is -2.19. The first-order valence-corrected chi connectivity index (χ1v) is 4.66. The Labute approximate surface area is 84.7 Å². The summed E-state index contributed by atoms with van der Waals surface area (Å²) in [7, 11) is 1.88. The molecule has 4 heteroatoms. The van der Waals surface area contributed by atoms with Crippen molar-refractivity contribution in [2.75, 3.05) is 7.05 Å². The highest BCUT2D eigenvalue weighted by Gasteiger charge is 2.12. The molecule has 14 heavy (non-hydrogen) atoms. The maximum Gasteiger partial charge on any atom is 0.232 e. The molecule has 0 spiro atoms. The summed E-state index contributed by atoms with van der Waals surface area (Å²) in [4.78, 5) is 8.36. The molecule has 4 nitrogen and oxygen atoms in total. The lowest BCUT2D eigenvalue weighted by Crippen LogP contribution is -2.23. The second-order valence-corrected chi connectivity index (χ2v) is 4.09. The second kappa shape index (κ2) is 4.37. The van der Waals surface area contributed by atoms with Gasteiger partial charge in [0.1, 0.15) is 5.60 Å². The van der Waals surface area contributed by atoms with Crippen LogP contribution in [0.15, 0.2) is 12.4 Å². The molecule has 0 aliphatic rings. The number of rotatable bonds is 3. The highest BCUT2D eigenvalue weighted by molar-refractivity contribution is 5.08. The molecule has 1 rings (SSSR count). The summed E-state index contributed by atoms with van der Waals surface area (Å²) in [5, 5.41) is 3.01. The van der Waals surface area contributed by atoms with Gasteiger partial charge in [-0.05, 0) is 27.8 Å². The summed E-state index contributed by atoms with van der Waals surface area (Å²) in [6, 6.07) is 0. The van der Waals surface area contributed by atoms with Crippen molar-refractivity contribution in [3.8, 4) is 5.88 Å². The van der Waals surface area contributed by atoms with E-state index in [4.69, 9.17) is 4.74 Å². The highest BCUT2D eigenvalue weighted by Crippen LogP contribution is 2.13. The minimum Gasteiger partial charge on any atom is -0.471 e. The van der Waals surface area contributed by atoms with Crippen LogP contribution in [0.25, 0.3) is 0 Å². The molecule has 0 saturated heterocycles. The fourth-order valence-electron chi connectivity index (χ4n) is 0.982. The number of ether oxygens (including phenoxy) is 1. The number of hydrogen-bond donors (Lipinski definition) is 1. The van der Waals surface area contributed by atoms with Gasteiger partial charge in [0.05, 0.1) is 18.1 Å². The third-order valence-corrected chi connectivity index (χ3v) is 1.45. The van der Waals surface area contributed by atoms with Crippen molar-refractivity contribution in [1.29, 1.82) is 0 Å². The van der Waals surface area contributed by atoms with Gasteiger partial charge in [0.2, 0.25) is 5.88 Å². The van der Waals surface area contributed by atoms with Crippen LogP contribution in [0, 0.1) is 0 Å². The number of aromatic nitrogens is 2. The fraction of sp³-hybridized carbons (Fsp3) is 0.600. The Balaban J connectivity index is 2.64. The first-order chi connectivity index (χ1) is 6.51. The Morgan fingerprint density at radius 2 is 2.00 bits per heavy atom. The normalized spacial score (nSPS) is 11.4. The van der Waals surface area contributed by atoms with E-state index in [1.165, 1.54) is 0 Å². The molecule has 1 heterocycles. The van der Waals surface area contributed by atoms with Gasteiger partial charge >= 0.3 is 0 Å². The molecular formula is C10H17N3O. The van der Waals surface area contributed by atoms with E-state index in [2.05, 4.69) is 15.3 Å². The minimum atomic E-state index is -0.223. The minimum absolute atomic E-state index is 0.223. The third-order valence-electron chi connectivity index (χ3n) is 1.45. The zero-order valence-electron chi connectivity index (χ0n) is 9.16. The van der Waals surface area contributed by atoms with Crippen LogP contribution in [0.4, 0.5) is 0 Å². The third kappa shape index (κ3) is 3.70. The Kier molecular flexibility index (Phi) is 3.41. The van der Waals surface area contributed by atoms with Gasteiger partial charge in [0.25, 0.3) is 0 Å². The summed E-state index contributed by atoms with van der Waals surface area (Å²) in [6.45, 7) is 6.67. The van der Waals surface area contributed by atoms with Crippen LogP contribution in [0.5, 0.6) is 5.88 Å². The van der Waals surface area contributed by atoms with Gasteiger partial charge in [0.15, 0.2) is 0 Å².